The molecule has 1 N–H and O–H groups in total. The molecule has 0 radical (unpaired) electrons. The Balaban J connectivity index is 1.61. The van der Waals surface area contributed by atoms with E-state index in [1.807, 2.05) is 30.3 Å². The summed E-state index contributed by atoms with van der Waals surface area (Å²) in [6.45, 7) is 3.47. The molecule has 0 amide bonds. The maximum Gasteiger partial charge on any atom is 0.253 e. The van der Waals surface area contributed by atoms with E-state index in [9.17, 15) is 4.79 Å². The molecule has 0 aliphatic carbocycles. The molecule has 138 valence electrons. The smallest absolute Gasteiger partial charge is 0.253 e. The normalized spacial score (nSPS) is 17.2. The number of hydrogen-bond acceptors (Lipinski definition) is 5. The molecule has 6 heteroatoms. The van der Waals surface area contributed by atoms with E-state index in [0.29, 0.717) is 6.54 Å². The Bertz CT molecular complexity index is 1040. The second-order valence-corrected chi connectivity index (χ2v) is 7.39. The molecule has 3 aromatic rings. The molecule has 0 unspecified atom stereocenters. The standard InChI is InChI=1S/C21H23N5O/c27-21-16-14-26(13-9-15(16)8-10-22-21)20-19(25-11-4-1-5-12-25)23-17-6-2-3-7-18(17)24-20/h2-3,6-8,10H,1,4-5,9,11-14H2,(H,22,27). The zero-order chi connectivity index (χ0) is 18.2. The van der Waals surface area contributed by atoms with Gasteiger partial charge in [0, 0.05) is 31.4 Å². The molecule has 27 heavy (non-hydrogen) atoms. The van der Waals surface area contributed by atoms with Gasteiger partial charge in [-0.25, -0.2) is 9.97 Å². The number of nitrogens with one attached hydrogen (secondary N) is 1. The first-order chi connectivity index (χ1) is 13.3. The summed E-state index contributed by atoms with van der Waals surface area (Å²) in [6.07, 6.45) is 6.26. The van der Waals surface area contributed by atoms with Gasteiger partial charge < -0.3 is 14.8 Å². The fourth-order valence-corrected chi connectivity index (χ4v) is 4.18. The lowest BCUT2D eigenvalue weighted by molar-refractivity contribution is 0.571. The minimum Gasteiger partial charge on any atom is -0.354 e. The maximum atomic E-state index is 12.3. The van der Waals surface area contributed by atoms with Crippen LogP contribution in [0.25, 0.3) is 11.0 Å². The molecule has 0 bridgehead atoms. The first kappa shape index (κ1) is 16.3. The minimum atomic E-state index is 0.00507. The number of rotatable bonds is 2. The molecule has 0 atom stereocenters. The molecule has 1 saturated heterocycles. The fourth-order valence-electron chi connectivity index (χ4n) is 4.18. The molecule has 0 saturated carbocycles. The average Bonchev–Trinajstić information content (AvgIpc) is 2.73. The number of H-pyrrole nitrogens is 1. The van der Waals surface area contributed by atoms with Crippen LogP contribution in [0.1, 0.15) is 30.4 Å². The lowest BCUT2D eigenvalue weighted by atomic mass is 10.0. The lowest BCUT2D eigenvalue weighted by Crippen LogP contribution is -2.38. The molecule has 2 aliphatic rings. The Hall–Kier alpha value is -2.89. The summed E-state index contributed by atoms with van der Waals surface area (Å²) >= 11 is 0. The van der Waals surface area contributed by atoms with Crippen molar-refractivity contribution in [1.29, 1.82) is 0 Å². The summed E-state index contributed by atoms with van der Waals surface area (Å²) in [6, 6.07) is 10.1. The third-order valence-electron chi connectivity index (χ3n) is 5.65. The van der Waals surface area contributed by atoms with Crippen LogP contribution in [0.2, 0.25) is 0 Å². The maximum absolute atomic E-state index is 12.3. The molecule has 2 aliphatic heterocycles. The lowest BCUT2D eigenvalue weighted by Gasteiger charge is -2.34. The van der Waals surface area contributed by atoms with E-state index in [1.165, 1.54) is 19.3 Å². The van der Waals surface area contributed by atoms with Crippen LogP contribution in [-0.4, -0.2) is 34.6 Å². The van der Waals surface area contributed by atoms with Gasteiger partial charge in [0.05, 0.1) is 17.6 Å². The van der Waals surface area contributed by atoms with Crippen LogP contribution in [0.15, 0.2) is 41.3 Å². The summed E-state index contributed by atoms with van der Waals surface area (Å²) in [5, 5.41) is 0. The van der Waals surface area contributed by atoms with Crippen molar-refractivity contribution in [2.75, 3.05) is 29.4 Å². The van der Waals surface area contributed by atoms with Gasteiger partial charge >= 0.3 is 0 Å². The van der Waals surface area contributed by atoms with Crippen LogP contribution in [0.5, 0.6) is 0 Å². The van der Waals surface area contributed by atoms with Crippen molar-refractivity contribution < 1.29 is 0 Å². The Morgan fingerprint density at radius 3 is 2.30 bits per heavy atom. The Kier molecular flexibility index (Phi) is 4.03. The second kappa shape index (κ2) is 6.68. The topological polar surface area (TPSA) is 65.1 Å². The zero-order valence-corrected chi connectivity index (χ0v) is 15.3. The zero-order valence-electron chi connectivity index (χ0n) is 15.3. The highest BCUT2D eigenvalue weighted by molar-refractivity contribution is 5.81. The van der Waals surface area contributed by atoms with Crippen molar-refractivity contribution in [3.8, 4) is 0 Å². The number of aromatic nitrogens is 3. The van der Waals surface area contributed by atoms with E-state index in [1.54, 1.807) is 6.20 Å². The van der Waals surface area contributed by atoms with Crippen molar-refractivity contribution in [1.82, 2.24) is 15.0 Å². The van der Waals surface area contributed by atoms with Gasteiger partial charge in [0.15, 0.2) is 11.6 Å². The summed E-state index contributed by atoms with van der Waals surface area (Å²) in [7, 11) is 0. The predicted octanol–water partition coefficient (Wildman–Crippen LogP) is 2.87. The summed E-state index contributed by atoms with van der Waals surface area (Å²) < 4.78 is 0. The molecule has 2 aromatic heterocycles. The summed E-state index contributed by atoms with van der Waals surface area (Å²) in [5.74, 6) is 1.87. The Morgan fingerprint density at radius 1 is 0.852 bits per heavy atom. The minimum absolute atomic E-state index is 0.00507. The molecular formula is C21H23N5O. The van der Waals surface area contributed by atoms with E-state index in [2.05, 4.69) is 14.8 Å². The number of fused-ring (bicyclic) bond motifs is 2. The number of nitrogens with zero attached hydrogens (tertiary/aromatic N) is 4. The highest BCUT2D eigenvalue weighted by atomic mass is 16.1. The average molecular weight is 361 g/mol. The number of piperidine rings is 1. The first-order valence-corrected chi connectivity index (χ1v) is 9.76. The van der Waals surface area contributed by atoms with E-state index in [-0.39, 0.29) is 5.56 Å². The van der Waals surface area contributed by atoms with Crippen LogP contribution in [0, 0.1) is 0 Å². The van der Waals surface area contributed by atoms with Crippen molar-refractivity contribution in [3.63, 3.8) is 0 Å². The fraction of sp³-hybridized carbons (Fsp3) is 0.381. The van der Waals surface area contributed by atoms with Gasteiger partial charge in [0.1, 0.15) is 0 Å². The van der Waals surface area contributed by atoms with Gasteiger partial charge in [-0.2, -0.15) is 0 Å². The second-order valence-electron chi connectivity index (χ2n) is 7.39. The molecule has 1 aromatic carbocycles. The monoisotopic (exact) mass is 361 g/mol. The molecule has 5 rings (SSSR count). The van der Waals surface area contributed by atoms with Gasteiger partial charge in [-0.3, -0.25) is 4.79 Å². The number of benzene rings is 1. The number of pyridine rings is 1. The van der Waals surface area contributed by atoms with Gasteiger partial charge in [-0.1, -0.05) is 12.1 Å². The van der Waals surface area contributed by atoms with E-state index in [4.69, 9.17) is 9.97 Å². The highest BCUT2D eigenvalue weighted by Crippen LogP contribution is 2.32. The molecule has 0 spiro atoms. The first-order valence-electron chi connectivity index (χ1n) is 9.76. The van der Waals surface area contributed by atoms with Gasteiger partial charge in [-0.15, -0.1) is 0 Å². The van der Waals surface area contributed by atoms with Crippen molar-refractivity contribution in [2.24, 2.45) is 0 Å². The van der Waals surface area contributed by atoms with E-state index < -0.39 is 0 Å². The Labute approximate surface area is 157 Å². The number of para-hydroxylation sites is 2. The molecular weight excluding hydrogens is 338 g/mol. The van der Waals surface area contributed by atoms with Crippen molar-refractivity contribution in [3.05, 3.63) is 58.0 Å². The number of aromatic amines is 1. The van der Waals surface area contributed by atoms with Gasteiger partial charge in [-0.05, 0) is 49.4 Å². The van der Waals surface area contributed by atoms with Crippen molar-refractivity contribution >= 4 is 22.7 Å². The molecule has 4 heterocycles. The molecule has 6 nitrogen and oxygen atoms in total. The largest absolute Gasteiger partial charge is 0.354 e. The summed E-state index contributed by atoms with van der Waals surface area (Å²) in [4.78, 5) is 29.7. The van der Waals surface area contributed by atoms with Crippen LogP contribution < -0.4 is 15.4 Å². The predicted molar refractivity (Wildman–Crippen MR) is 107 cm³/mol. The quantitative estimate of drug-likeness (QED) is 0.760. The Morgan fingerprint density at radius 2 is 1.56 bits per heavy atom. The summed E-state index contributed by atoms with van der Waals surface area (Å²) in [5.41, 5.74) is 3.83. The number of anilines is 2. The molecule has 1 fully saturated rings. The van der Waals surface area contributed by atoms with E-state index in [0.717, 1.165) is 59.9 Å². The number of hydrogen-bond donors (Lipinski definition) is 1. The van der Waals surface area contributed by atoms with Crippen LogP contribution in [-0.2, 0) is 13.0 Å². The third kappa shape index (κ3) is 2.95. The van der Waals surface area contributed by atoms with Gasteiger partial charge in [0.25, 0.3) is 5.56 Å². The highest BCUT2D eigenvalue weighted by Gasteiger charge is 2.26. The van der Waals surface area contributed by atoms with Crippen LogP contribution in [0.3, 0.4) is 0 Å². The third-order valence-corrected chi connectivity index (χ3v) is 5.65. The van der Waals surface area contributed by atoms with Crippen molar-refractivity contribution in [2.45, 2.75) is 32.2 Å². The van der Waals surface area contributed by atoms with Crippen LogP contribution in [0.4, 0.5) is 11.6 Å². The van der Waals surface area contributed by atoms with Crippen LogP contribution >= 0.6 is 0 Å². The SMILES string of the molecule is O=c1[nH]ccc2c1CN(c1nc3ccccc3nc1N1CCCCC1)CC2. The van der Waals surface area contributed by atoms with E-state index >= 15 is 0 Å². The van der Waals surface area contributed by atoms with Gasteiger partial charge in [0.2, 0.25) is 0 Å².